The van der Waals surface area contributed by atoms with Crippen molar-refractivity contribution in [3.05, 3.63) is 0 Å². The predicted molar refractivity (Wildman–Crippen MR) is 110 cm³/mol. The summed E-state index contributed by atoms with van der Waals surface area (Å²) in [6, 6.07) is -0.975. The maximum Gasteiger partial charge on any atom is 0.240 e. The van der Waals surface area contributed by atoms with Crippen LogP contribution in [0.4, 0.5) is 8.78 Å². The molecule has 170 valence electrons. The van der Waals surface area contributed by atoms with Crippen LogP contribution in [-0.4, -0.2) is 84.8 Å². The van der Waals surface area contributed by atoms with Crippen LogP contribution in [-0.2, 0) is 9.59 Å². The van der Waals surface area contributed by atoms with E-state index in [1.54, 1.807) is 0 Å². The van der Waals surface area contributed by atoms with Gasteiger partial charge in [-0.2, -0.15) is 0 Å². The monoisotopic (exact) mass is 426 g/mol. The molecule has 2 N–H and O–H groups in total. The summed E-state index contributed by atoms with van der Waals surface area (Å²) >= 11 is 0. The van der Waals surface area contributed by atoms with E-state index in [-0.39, 0.29) is 48.3 Å². The molecular weight excluding hydrogens is 390 g/mol. The summed E-state index contributed by atoms with van der Waals surface area (Å²) in [6.45, 7) is 2.76. The lowest BCUT2D eigenvalue weighted by Crippen LogP contribution is -2.53. The van der Waals surface area contributed by atoms with Gasteiger partial charge in [-0.3, -0.25) is 14.5 Å². The fraction of sp³-hybridized carbons (Fsp3) is 0.909. The van der Waals surface area contributed by atoms with Crippen LogP contribution in [0.3, 0.4) is 0 Å². The minimum atomic E-state index is -1.03. The van der Waals surface area contributed by atoms with Gasteiger partial charge in [-0.15, -0.1) is 0 Å². The smallest absolute Gasteiger partial charge is 0.240 e. The van der Waals surface area contributed by atoms with E-state index in [9.17, 15) is 18.4 Å². The van der Waals surface area contributed by atoms with Crippen LogP contribution in [0, 0.1) is 11.8 Å². The number of hydrogen-bond acceptors (Lipinski definition) is 4. The minimum absolute atomic E-state index is 0.0442. The first kappa shape index (κ1) is 21.9. The van der Waals surface area contributed by atoms with E-state index in [4.69, 9.17) is 0 Å². The van der Waals surface area contributed by atoms with E-state index in [0.29, 0.717) is 38.1 Å². The molecule has 9 unspecified atom stereocenters. The fourth-order valence-corrected chi connectivity index (χ4v) is 6.22. The first-order valence-corrected chi connectivity index (χ1v) is 11.6. The molecule has 0 aromatic rings. The van der Waals surface area contributed by atoms with Gasteiger partial charge >= 0.3 is 0 Å². The van der Waals surface area contributed by atoms with E-state index in [0.717, 1.165) is 12.8 Å². The van der Waals surface area contributed by atoms with Crippen molar-refractivity contribution in [2.45, 2.75) is 94.4 Å². The number of halogens is 2. The van der Waals surface area contributed by atoms with Gasteiger partial charge in [0.05, 0.1) is 12.1 Å². The van der Waals surface area contributed by atoms with Gasteiger partial charge in [0.1, 0.15) is 12.3 Å². The molecule has 6 nitrogen and oxygen atoms in total. The lowest BCUT2D eigenvalue weighted by atomic mass is 9.77. The van der Waals surface area contributed by atoms with Gasteiger partial charge in [-0.05, 0) is 65.0 Å². The molecule has 0 bridgehead atoms. The Hall–Kier alpha value is -1.28. The zero-order valence-corrected chi connectivity index (χ0v) is 18.3. The number of nitrogens with one attached hydrogen (secondary N) is 2. The third-order valence-electron chi connectivity index (χ3n) is 7.90. The quantitative estimate of drug-likeness (QED) is 0.718. The van der Waals surface area contributed by atoms with Crippen molar-refractivity contribution in [3.8, 4) is 0 Å². The normalized spacial score (nSPS) is 44.4. The molecular formula is C22H36F2N4O2. The summed E-state index contributed by atoms with van der Waals surface area (Å²) in [5.74, 6) is 0.164. The number of fused-ring (bicyclic) bond motifs is 1. The van der Waals surface area contributed by atoms with Gasteiger partial charge in [0.15, 0.2) is 0 Å². The highest BCUT2D eigenvalue weighted by Crippen LogP contribution is 2.39. The first-order chi connectivity index (χ1) is 14.2. The number of likely N-dealkylation sites (N-methyl/N-ethyl adjacent to an activating group) is 1. The van der Waals surface area contributed by atoms with Crippen molar-refractivity contribution in [1.82, 2.24) is 20.4 Å². The average Bonchev–Trinajstić information content (AvgIpc) is 3.29. The number of carbonyl (C=O) groups is 2. The standard InChI is InChI=1S/C22H36F2N4O2/c1-12-4-5-17(24)16-11-18(26-20(12)16)21(29)25-14-8-13(23)9-15(10-14)28-7-6-19(22(28)30)27(2)3/h12-20,26H,4-11H2,1-3H3,(H,25,29). The average molecular weight is 427 g/mol. The second kappa shape index (κ2) is 8.69. The number of alkyl halides is 2. The highest BCUT2D eigenvalue weighted by Gasteiger charge is 2.47. The molecule has 2 aliphatic carbocycles. The van der Waals surface area contributed by atoms with Crippen LogP contribution >= 0.6 is 0 Å². The van der Waals surface area contributed by atoms with Gasteiger partial charge in [0.25, 0.3) is 0 Å². The van der Waals surface area contributed by atoms with Crippen LogP contribution in [0.2, 0.25) is 0 Å². The fourth-order valence-electron chi connectivity index (χ4n) is 6.22. The van der Waals surface area contributed by atoms with Gasteiger partial charge < -0.3 is 15.5 Å². The molecule has 4 fully saturated rings. The topological polar surface area (TPSA) is 64.7 Å². The molecule has 9 atom stereocenters. The van der Waals surface area contributed by atoms with E-state index in [1.807, 2.05) is 23.9 Å². The third-order valence-corrected chi connectivity index (χ3v) is 7.90. The number of nitrogens with zero attached hydrogens (tertiary/aromatic N) is 2. The van der Waals surface area contributed by atoms with Gasteiger partial charge in [-0.25, -0.2) is 8.78 Å². The Kier molecular flexibility index (Phi) is 6.35. The molecule has 2 aliphatic heterocycles. The van der Waals surface area contributed by atoms with Crippen molar-refractivity contribution in [3.63, 3.8) is 0 Å². The van der Waals surface area contributed by atoms with E-state index >= 15 is 0 Å². The lowest BCUT2D eigenvalue weighted by molar-refractivity contribution is -0.134. The van der Waals surface area contributed by atoms with Crippen molar-refractivity contribution < 1.29 is 18.4 Å². The zero-order chi connectivity index (χ0) is 21.6. The Balaban J connectivity index is 1.35. The van der Waals surface area contributed by atoms with Gasteiger partial charge in [-0.1, -0.05) is 6.92 Å². The van der Waals surface area contributed by atoms with Gasteiger partial charge in [0, 0.05) is 30.6 Å². The molecule has 2 saturated carbocycles. The highest BCUT2D eigenvalue weighted by molar-refractivity contribution is 5.84. The minimum Gasteiger partial charge on any atom is -0.352 e. The Bertz CT molecular complexity index is 645. The van der Waals surface area contributed by atoms with Crippen LogP contribution in [0.25, 0.3) is 0 Å². The summed E-state index contributed by atoms with van der Waals surface area (Å²) in [5, 5.41) is 6.37. The van der Waals surface area contributed by atoms with E-state index in [1.165, 1.54) is 0 Å². The Labute approximate surface area is 178 Å². The number of carbonyl (C=O) groups excluding carboxylic acids is 2. The van der Waals surface area contributed by atoms with Crippen LogP contribution in [0.15, 0.2) is 0 Å². The SMILES string of the molecule is CC1CCC(F)C2CC(C(=O)NC3CC(F)CC(N4CCC(N(C)C)C4=O)C3)NC12. The van der Waals surface area contributed by atoms with Crippen molar-refractivity contribution in [1.29, 1.82) is 0 Å². The van der Waals surface area contributed by atoms with Crippen LogP contribution < -0.4 is 10.6 Å². The summed E-state index contributed by atoms with van der Waals surface area (Å²) < 4.78 is 28.9. The molecule has 2 amide bonds. The molecule has 4 aliphatic rings. The lowest BCUT2D eigenvalue weighted by Gasteiger charge is -2.37. The van der Waals surface area contributed by atoms with Crippen molar-refractivity contribution >= 4 is 11.8 Å². The molecule has 4 rings (SSSR count). The number of likely N-dealkylation sites (tertiary alicyclic amines) is 1. The maximum atomic E-state index is 14.5. The van der Waals surface area contributed by atoms with Crippen LogP contribution in [0.1, 0.15) is 51.9 Å². The summed E-state index contributed by atoms with van der Waals surface area (Å²) in [5.41, 5.74) is 0. The van der Waals surface area contributed by atoms with Gasteiger partial charge in [0.2, 0.25) is 11.8 Å². The summed E-state index contributed by atoms with van der Waals surface area (Å²) in [6.07, 6.45) is 2.00. The molecule has 0 radical (unpaired) electrons. The molecule has 8 heteroatoms. The Morgan fingerprint density at radius 3 is 2.57 bits per heavy atom. The number of amides is 2. The number of hydrogen-bond donors (Lipinski definition) is 2. The second-order valence-corrected chi connectivity index (χ2v) is 10.2. The zero-order valence-electron chi connectivity index (χ0n) is 18.3. The predicted octanol–water partition coefficient (Wildman–Crippen LogP) is 1.64. The Morgan fingerprint density at radius 1 is 1.13 bits per heavy atom. The summed E-state index contributed by atoms with van der Waals surface area (Å²) in [4.78, 5) is 29.4. The van der Waals surface area contributed by atoms with Crippen molar-refractivity contribution in [2.75, 3.05) is 20.6 Å². The number of rotatable bonds is 4. The second-order valence-electron chi connectivity index (χ2n) is 10.2. The summed E-state index contributed by atoms with van der Waals surface area (Å²) in [7, 11) is 3.78. The molecule has 0 aromatic carbocycles. The molecule has 0 spiro atoms. The van der Waals surface area contributed by atoms with Crippen LogP contribution in [0.5, 0.6) is 0 Å². The molecule has 0 aromatic heterocycles. The van der Waals surface area contributed by atoms with E-state index in [2.05, 4.69) is 17.6 Å². The van der Waals surface area contributed by atoms with E-state index < -0.39 is 18.4 Å². The largest absolute Gasteiger partial charge is 0.352 e. The molecule has 2 saturated heterocycles. The molecule has 2 heterocycles. The third kappa shape index (κ3) is 4.22. The molecule has 30 heavy (non-hydrogen) atoms. The maximum absolute atomic E-state index is 14.5. The van der Waals surface area contributed by atoms with Crippen molar-refractivity contribution in [2.24, 2.45) is 11.8 Å². The highest BCUT2D eigenvalue weighted by atomic mass is 19.1. The first-order valence-electron chi connectivity index (χ1n) is 11.6. The Morgan fingerprint density at radius 2 is 1.90 bits per heavy atom.